The van der Waals surface area contributed by atoms with Crippen molar-refractivity contribution >= 4 is 27.5 Å². The highest BCUT2D eigenvalue weighted by Gasteiger charge is 2.45. The summed E-state index contributed by atoms with van der Waals surface area (Å²) in [4.78, 5) is 12.8. The lowest BCUT2D eigenvalue weighted by atomic mass is 9.79. The summed E-state index contributed by atoms with van der Waals surface area (Å²) < 4.78 is 26.7. The fourth-order valence-corrected chi connectivity index (χ4v) is 4.40. The third kappa shape index (κ3) is 2.53. The lowest BCUT2D eigenvalue weighted by molar-refractivity contribution is -0.125. The Hall–Kier alpha value is -1.86. The second-order valence-electron chi connectivity index (χ2n) is 5.55. The van der Waals surface area contributed by atoms with Crippen LogP contribution in [-0.4, -0.2) is 24.5 Å². The third-order valence-corrected chi connectivity index (χ3v) is 6.04. The highest BCUT2D eigenvalue weighted by Crippen LogP contribution is 2.44. The SMILES string of the molecule is CCC1(C(=O)NS(=O)(=O)c2cc[nH]n2)CCc2c(Cl)cccc21. The van der Waals surface area contributed by atoms with Gasteiger partial charge in [0.2, 0.25) is 5.91 Å². The van der Waals surface area contributed by atoms with Gasteiger partial charge in [0.15, 0.2) is 5.03 Å². The highest BCUT2D eigenvalue weighted by atomic mass is 35.5. The van der Waals surface area contributed by atoms with Gasteiger partial charge in [-0.3, -0.25) is 9.89 Å². The van der Waals surface area contributed by atoms with Crippen LogP contribution in [0.1, 0.15) is 30.9 Å². The van der Waals surface area contributed by atoms with Gasteiger partial charge in [-0.05, 0) is 42.5 Å². The molecule has 0 saturated heterocycles. The summed E-state index contributed by atoms with van der Waals surface area (Å²) >= 11 is 6.21. The van der Waals surface area contributed by atoms with Crippen LogP contribution < -0.4 is 4.72 Å². The van der Waals surface area contributed by atoms with Crippen molar-refractivity contribution in [2.24, 2.45) is 0 Å². The first-order valence-electron chi connectivity index (χ1n) is 7.25. The fourth-order valence-electron chi connectivity index (χ4n) is 3.17. The Balaban J connectivity index is 1.98. The van der Waals surface area contributed by atoms with Gasteiger partial charge in [-0.2, -0.15) is 13.5 Å². The summed E-state index contributed by atoms with van der Waals surface area (Å²) in [6, 6.07) is 6.71. The summed E-state index contributed by atoms with van der Waals surface area (Å²) in [6.45, 7) is 1.87. The number of hydrogen-bond donors (Lipinski definition) is 2. The number of hydrogen-bond acceptors (Lipinski definition) is 4. The van der Waals surface area contributed by atoms with Gasteiger partial charge in [-0.15, -0.1) is 0 Å². The molecule has 3 rings (SSSR count). The standard InChI is InChI=1S/C15H16ClN3O3S/c1-2-15(8-6-10-11(15)4-3-5-12(10)16)14(20)19-23(21,22)13-7-9-17-18-13/h3-5,7,9H,2,6,8H2,1H3,(H,17,18)(H,19,20). The number of carbonyl (C=O) groups is 1. The third-order valence-electron chi connectivity index (χ3n) is 4.45. The molecule has 1 aliphatic carbocycles. The van der Waals surface area contributed by atoms with E-state index in [0.717, 1.165) is 11.1 Å². The lowest BCUT2D eigenvalue weighted by Crippen LogP contribution is -2.45. The second kappa shape index (κ2) is 5.65. The first-order chi connectivity index (χ1) is 10.9. The predicted octanol–water partition coefficient (Wildman–Crippen LogP) is 2.16. The summed E-state index contributed by atoms with van der Waals surface area (Å²) in [7, 11) is -3.99. The first kappa shape index (κ1) is 16.0. The van der Waals surface area contributed by atoms with Crippen molar-refractivity contribution in [1.29, 1.82) is 0 Å². The number of carbonyl (C=O) groups excluding carboxylic acids is 1. The molecule has 0 bridgehead atoms. The minimum absolute atomic E-state index is 0.207. The van der Waals surface area contributed by atoms with E-state index in [4.69, 9.17) is 11.6 Å². The van der Waals surface area contributed by atoms with E-state index >= 15 is 0 Å². The zero-order valence-electron chi connectivity index (χ0n) is 12.5. The summed E-state index contributed by atoms with van der Waals surface area (Å²) in [5, 5.41) is 6.46. The molecule has 0 fully saturated rings. The Kier molecular flexibility index (Phi) is 3.93. The fraction of sp³-hybridized carbons (Fsp3) is 0.333. The largest absolute Gasteiger partial charge is 0.284 e. The molecule has 1 atom stereocenters. The molecule has 2 aromatic rings. The van der Waals surface area contributed by atoms with Gasteiger partial charge in [0.05, 0.1) is 5.41 Å². The van der Waals surface area contributed by atoms with Crippen molar-refractivity contribution in [3.05, 3.63) is 46.6 Å². The highest BCUT2D eigenvalue weighted by molar-refractivity contribution is 7.90. The number of nitrogens with one attached hydrogen (secondary N) is 2. The minimum Gasteiger partial charge on any atom is -0.284 e. The van der Waals surface area contributed by atoms with E-state index in [2.05, 4.69) is 14.9 Å². The van der Waals surface area contributed by atoms with Crippen LogP contribution >= 0.6 is 11.6 Å². The van der Waals surface area contributed by atoms with Gasteiger partial charge in [0.25, 0.3) is 10.0 Å². The molecule has 0 aliphatic heterocycles. The van der Waals surface area contributed by atoms with Crippen LogP contribution in [0.4, 0.5) is 0 Å². The van der Waals surface area contributed by atoms with Crippen LogP contribution in [0.5, 0.6) is 0 Å². The van der Waals surface area contributed by atoms with Crippen molar-refractivity contribution in [3.8, 4) is 0 Å². The van der Waals surface area contributed by atoms with Gasteiger partial charge in [0.1, 0.15) is 0 Å². The zero-order valence-corrected chi connectivity index (χ0v) is 14.0. The van der Waals surface area contributed by atoms with Crippen molar-refractivity contribution in [1.82, 2.24) is 14.9 Å². The lowest BCUT2D eigenvalue weighted by Gasteiger charge is -2.27. The molecule has 0 radical (unpaired) electrons. The van der Waals surface area contributed by atoms with Crippen LogP contribution in [0, 0.1) is 0 Å². The smallest absolute Gasteiger partial charge is 0.283 e. The van der Waals surface area contributed by atoms with Crippen molar-refractivity contribution < 1.29 is 13.2 Å². The maximum Gasteiger partial charge on any atom is 0.283 e. The van der Waals surface area contributed by atoms with Gasteiger partial charge in [0, 0.05) is 11.2 Å². The molecule has 1 aliphatic rings. The summed E-state index contributed by atoms with van der Waals surface area (Å²) in [6.07, 6.45) is 3.06. The molecule has 1 aromatic heterocycles. The molecule has 0 saturated carbocycles. The molecule has 6 nitrogen and oxygen atoms in total. The molecule has 122 valence electrons. The monoisotopic (exact) mass is 353 g/mol. The zero-order chi connectivity index (χ0) is 16.7. The summed E-state index contributed by atoms with van der Waals surface area (Å²) in [5.41, 5.74) is 0.842. The Morgan fingerprint density at radius 1 is 1.43 bits per heavy atom. The number of benzene rings is 1. The van der Waals surface area contributed by atoms with E-state index in [0.29, 0.717) is 24.3 Å². The maximum atomic E-state index is 12.8. The average Bonchev–Trinajstić information content (AvgIpc) is 3.16. The van der Waals surface area contributed by atoms with Gasteiger partial charge >= 0.3 is 0 Å². The van der Waals surface area contributed by atoms with E-state index in [1.54, 1.807) is 12.1 Å². The molecular weight excluding hydrogens is 338 g/mol. The molecular formula is C15H16ClN3O3S. The molecule has 1 unspecified atom stereocenters. The van der Waals surface area contributed by atoms with Crippen molar-refractivity contribution in [2.75, 3.05) is 0 Å². The van der Waals surface area contributed by atoms with Crippen molar-refractivity contribution in [3.63, 3.8) is 0 Å². The minimum atomic E-state index is -3.99. The number of amides is 1. The molecule has 1 aromatic carbocycles. The van der Waals surface area contributed by atoms with E-state index in [1.165, 1.54) is 12.3 Å². The Morgan fingerprint density at radius 3 is 2.87 bits per heavy atom. The molecule has 1 amide bonds. The van der Waals surface area contributed by atoms with E-state index in [-0.39, 0.29) is 5.03 Å². The first-order valence-corrected chi connectivity index (χ1v) is 9.12. The van der Waals surface area contributed by atoms with Crippen LogP contribution in [0.3, 0.4) is 0 Å². The number of fused-ring (bicyclic) bond motifs is 1. The van der Waals surface area contributed by atoms with Crippen LogP contribution in [-0.2, 0) is 26.7 Å². The molecule has 8 heteroatoms. The van der Waals surface area contributed by atoms with Gasteiger partial charge < -0.3 is 0 Å². The molecule has 0 spiro atoms. The average molecular weight is 354 g/mol. The van der Waals surface area contributed by atoms with E-state index in [9.17, 15) is 13.2 Å². The molecule has 23 heavy (non-hydrogen) atoms. The maximum absolute atomic E-state index is 12.8. The Labute approximate surface area is 139 Å². The quantitative estimate of drug-likeness (QED) is 0.881. The number of halogens is 1. The number of aromatic amines is 1. The van der Waals surface area contributed by atoms with Crippen LogP contribution in [0.25, 0.3) is 0 Å². The normalized spacial score (nSPS) is 20.3. The van der Waals surface area contributed by atoms with E-state index in [1.807, 2.05) is 13.0 Å². The predicted molar refractivity (Wildman–Crippen MR) is 85.7 cm³/mol. The Bertz CT molecular complexity index is 849. The van der Waals surface area contributed by atoms with Crippen molar-refractivity contribution in [2.45, 2.75) is 36.6 Å². The molecule has 1 heterocycles. The number of aromatic nitrogens is 2. The van der Waals surface area contributed by atoms with Gasteiger partial charge in [-0.25, -0.2) is 4.72 Å². The van der Waals surface area contributed by atoms with E-state index < -0.39 is 21.3 Å². The van der Waals surface area contributed by atoms with Crippen LogP contribution in [0.15, 0.2) is 35.5 Å². The number of nitrogens with zero attached hydrogens (tertiary/aromatic N) is 1. The van der Waals surface area contributed by atoms with Gasteiger partial charge in [-0.1, -0.05) is 30.7 Å². The number of sulfonamides is 1. The molecule has 2 N–H and O–H groups in total. The topological polar surface area (TPSA) is 91.9 Å². The summed E-state index contributed by atoms with van der Waals surface area (Å²) in [5.74, 6) is -0.538. The number of H-pyrrole nitrogens is 1. The Morgan fingerprint density at radius 2 is 2.22 bits per heavy atom. The number of rotatable bonds is 4. The second-order valence-corrected chi connectivity index (χ2v) is 7.59. The van der Waals surface area contributed by atoms with Crippen LogP contribution in [0.2, 0.25) is 5.02 Å².